The normalized spacial score (nSPS) is 15.1. The molecule has 8 heteroatoms. The first-order chi connectivity index (χ1) is 12.0. The summed E-state index contributed by atoms with van der Waals surface area (Å²) in [6.45, 7) is 0. The molecule has 0 bridgehead atoms. The third-order valence-corrected chi connectivity index (χ3v) is 3.73. The van der Waals surface area contributed by atoms with E-state index >= 15 is 0 Å². The van der Waals surface area contributed by atoms with Crippen molar-refractivity contribution in [3.8, 4) is 5.75 Å². The van der Waals surface area contributed by atoms with Gasteiger partial charge < -0.3 is 9.84 Å². The zero-order valence-electron chi connectivity index (χ0n) is 13.4. The second-order valence-corrected chi connectivity index (χ2v) is 5.46. The molecule has 26 heavy (non-hydrogen) atoms. The number of aliphatic hydroxyl groups is 1. The van der Waals surface area contributed by atoms with Gasteiger partial charge in [-0.1, -0.05) is 30.3 Å². The first-order valence-corrected chi connectivity index (χ1v) is 7.27. The van der Waals surface area contributed by atoms with Crippen molar-refractivity contribution in [1.29, 1.82) is 0 Å². The van der Waals surface area contributed by atoms with Gasteiger partial charge in [-0.3, -0.25) is 0 Å². The molecule has 0 fully saturated rings. The highest BCUT2D eigenvalue weighted by Gasteiger charge is 2.69. The number of halogens is 6. The second-order valence-electron chi connectivity index (χ2n) is 5.46. The van der Waals surface area contributed by atoms with Gasteiger partial charge in [0.25, 0.3) is 0 Å². The molecule has 1 atom stereocenters. The Morgan fingerprint density at radius 3 is 2.12 bits per heavy atom. The Hall–Kier alpha value is -2.48. The molecule has 0 aliphatic heterocycles. The topological polar surface area (TPSA) is 29.5 Å². The molecule has 140 valence electrons. The minimum Gasteiger partial charge on any atom is -0.497 e. The molecule has 0 saturated carbocycles. The van der Waals surface area contributed by atoms with Crippen molar-refractivity contribution in [2.45, 2.75) is 17.7 Å². The average Bonchev–Trinajstić information content (AvgIpc) is 2.60. The third kappa shape index (κ3) is 3.70. The maximum absolute atomic E-state index is 14.1. The van der Waals surface area contributed by atoms with Gasteiger partial charge in [0.2, 0.25) is 0 Å². The van der Waals surface area contributed by atoms with Crippen LogP contribution in [-0.4, -0.2) is 24.3 Å². The van der Waals surface area contributed by atoms with Crippen LogP contribution >= 0.6 is 0 Å². The highest BCUT2D eigenvalue weighted by molar-refractivity contribution is 5.53. The van der Waals surface area contributed by atoms with Crippen molar-refractivity contribution in [2.75, 3.05) is 7.11 Å². The Bertz CT molecular complexity index is 783. The molecule has 2 aromatic carbocycles. The number of methoxy groups -OCH3 is 1. The van der Waals surface area contributed by atoms with Gasteiger partial charge in [0.1, 0.15) is 11.6 Å². The van der Waals surface area contributed by atoms with Gasteiger partial charge in [-0.15, -0.1) is 0 Å². The zero-order chi connectivity index (χ0) is 19.6. The standard InChI is InChI=1S/C18H14F6O2/c1-26-15-4-2-3-13(11-15)16(25,17(20,21)18(22,23)24)10-9-12-5-7-14(19)8-6-12/h2-11,25H,1H3/b10-9+. The van der Waals surface area contributed by atoms with Crippen LogP contribution in [0.5, 0.6) is 5.75 Å². The Kier molecular flexibility index (Phi) is 5.36. The van der Waals surface area contributed by atoms with Crippen LogP contribution in [0.2, 0.25) is 0 Å². The number of ether oxygens (including phenoxy) is 1. The summed E-state index contributed by atoms with van der Waals surface area (Å²) >= 11 is 0. The van der Waals surface area contributed by atoms with Crippen LogP contribution < -0.4 is 4.74 Å². The summed E-state index contributed by atoms with van der Waals surface area (Å²) in [5, 5.41) is 10.4. The summed E-state index contributed by atoms with van der Waals surface area (Å²) < 4.78 is 84.9. The van der Waals surface area contributed by atoms with Gasteiger partial charge in [-0.2, -0.15) is 22.0 Å². The van der Waals surface area contributed by atoms with Gasteiger partial charge >= 0.3 is 12.1 Å². The maximum atomic E-state index is 14.1. The van der Waals surface area contributed by atoms with Crippen LogP contribution in [0.15, 0.2) is 54.6 Å². The molecular formula is C18H14F6O2. The third-order valence-electron chi connectivity index (χ3n) is 3.73. The first-order valence-electron chi connectivity index (χ1n) is 7.27. The fraction of sp³-hybridized carbons (Fsp3) is 0.222. The summed E-state index contributed by atoms with van der Waals surface area (Å²) in [5.41, 5.74) is -4.28. The summed E-state index contributed by atoms with van der Waals surface area (Å²) in [6.07, 6.45) is -4.82. The van der Waals surface area contributed by atoms with E-state index in [2.05, 4.69) is 0 Å². The summed E-state index contributed by atoms with van der Waals surface area (Å²) in [6, 6.07) is 8.67. The first kappa shape index (κ1) is 19.8. The average molecular weight is 376 g/mol. The highest BCUT2D eigenvalue weighted by Crippen LogP contribution is 2.49. The Labute approximate surface area is 145 Å². The lowest BCUT2D eigenvalue weighted by atomic mass is 9.85. The molecule has 0 spiro atoms. The van der Waals surface area contributed by atoms with Gasteiger partial charge in [-0.05, 0) is 41.5 Å². The van der Waals surface area contributed by atoms with Crippen LogP contribution in [0.1, 0.15) is 11.1 Å². The molecule has 1 N–H and O–H groups in total. The molecule has 2 aromatic rings. The minimum absolute atomic E-state index is 0.00548. The Balaban J connectivity index is 2.59. The number of alkyl halides is 5. The molecule has 0 saturated heterocycles. The molecule has 0 heterocycles. The van der Waals surface area contributed by atoms with E-state index in [1.165, 1.54) is 31.4 Å². The number of rotatable bonds is 5. The number of benzene rings is 2. The van der Waals surface area contributed by atoms with E-state index in [-0.39, 0.29) is 11.3 Å². The van der Waals surface area contributed by atoms with Crippen LogP contribution in [0.3, 0.4) is 0 Å². The van der Waals surface area contributed by atoms with Crippen LogP contribution in [0.25, 0.3) is 6.08 Å². The van der Waals surface area contributed by atoms with Gasteiger partial charge in [0, 0.05) is 0 Å². The second kappa shape index (κ2) is 7.03. The molecule has 0 aliphatic carbocycles. The Morgan fingerprint density at radius 2 is 1.58 bits per heavy atom. The molecule has 2 rings (SSSR count). The molecule has 0 radical (unpaired) electrons. The van der Waals surface area contributed by atoms with Crippen molar-refractivity contribution in [3.05, 3.63) is 71.6 Å². The van der Waals surface area contributed by atoms with E-state index in [0.717, 1.165) is 30.3 Å². The van der Waals surface area contributed by atoms with E-state index < -0.39 is 29.1 Å². The highest BCUT2D eigenvalue weighted by atomic mass is 19.4. The number of hydrogen-bond acceptors (Lipinski definition) is 2. The van der Waals surface area contributed by atoms with E-state index in [9.17, 15) is 31.4 Å². The number of hydrogen-bond donors (Lipinski definition) is 1. The van der Waals surface area contributed by atoms with E-state index in [0.29, 0.717) is 6.08 Å². The fourth-order valence-electron chi connectivity index (χ4n) is 2.25. The summed E-state index contributed by atoms with van der Waals surface area (Å²) in [7, 11) is 1.20. The van der Waals surface area contributed by atoms with Crippen LogP contribution in [0, 0.1) is 5.82 Å². The van der Waals surface area contributed by atoms with Crippen LogP contribution in [0.4, 0.5) is 26.3 Å². The van der Waals surface area contributed by atoms with Crippen LogP contribution in [-0.2, 0) is 5.60 Å². The smallest absolute Gasteiger partial charge is 0.457 e. The predicted molar refractivity (Wildman–Crippen MR) is 83.3 cm³/mol. The van der Waals surface area contributed by atoms with Crippen molar-refractivity contribution < 1.29 is 36.2 Å². The van der Waals surface area contributed by atoms with E-state index in [1.54, 1.807) is 0 Å². The summed E-state index contributed by atoms with van der Waals surface area (Å²) in [4.78, 5) is 0. The monoisotopic (exact) mass is 376 g/mol. The zero-order valence-corrected chi connectivity index (χ0v) is 13.4. The lowest BCUT2D eigenvalue weighted by Crippen LogP contribution is -2.53. The molecule has 0 aromatic heterocycles. The molecule has 1 unspecified atom stereocenters. The maximum Gasteiger partial charge on any atom is 0.457 e. The lowest BCUT2D eigenvalue weighted by molar-refractivity contribution is -0.334. The largest absolute Gasteiger partial charge is 0.497 e. The van der Waals surface area contributed by atoms with E-state index in [1.807, 2.05) is 0 Å². The van der Waals surface area contributed by atoms with Crippen molar-refractivity contribution >= 4 is 6.08 Å². The Morgan fingerprint density at radius 1 is 0.962 bits per heavy atom. The quantitative estimate of drug-likeness (QED) is 0.750. The van der Waals surface area contributed by atoms with Gasteiger partial charge in [0.15, 0.2) is 5.60 Å². The molecular weight excluding hydrogens is 362 g/mol. The SMILES string of the molecule is COc1cccc(C(O)(/C=C/c2ccc(F)cc2)C(F)(F)C(F)(F)F)c1. The lowest BCUT2D eigenvalue weighted by Gasteiger charge is -2.35. The fourth-order valence-corrected chi connectivity index (χ4v) is 2.25. The van der Waals surface area contributed by atoms with Gasteiger partial charge in [0.05, 0.1) is 7.11 Å². The van der Waals surface area contributed by atoms with E-state index in [4.69, 9.17) is 4.74 Å². The van der Waals surface area contributed by atoms with Crippen molar-refractivity contribution in [3.63, 3.8) is 0 Å². The van der Waals surface area contributed by atoms with Gasteiger partial charge in [-0.25, -0.2) is 4.39 Å². The predicted octanol–water partition coefficient (Wildman–Crippen LogP) is 4.93. The van der Waals surface area contributed by atoms with Crippen molar-refractivity contribution in [2.24, 2.45) is 0 Å². The molecule has 0 aliphatic rings. The molecule has 0 amide bonds. The molecule has 2 nitrogen and oxygen atoms in total. The van der Waals surface area contributed by atoms with Crippen molar-refractivity contribution in [1.82, 2.24) is 0 Å². The summed E-state index contributed by atoms with van der Waals surface area (Å²) in [5.74, 6) is -6.11. The minimum atomic E-state index is -6.02.